The maximum absolute atomic E-state index is 13.8. The van der Waals surface area contributed by atoms with Gasteiger partial charge in [0.1, 0.15) is 5.82 Å². The molecule has 0 saturated heterocycles. The van der Waals surface area contributed by atoms with Gasteiger partial charge in [-0.1, -0.05) is 12.1 Å². The Morgan fingerprint density at radius 3 is 2.79 bits per heavy atom. The highest BCUT2D eigenvalue weighted by molar-refractivity contribution is 9.10. The fraction of sp³-hybridized carbons (Fsp3) is 0.143. The number of carbonyl (C=O) groups excluding carboxylic acids is 1. The molecular weight excluding hydrogens is 313 g/mol. The molecule has 0 aliphatic rings. The van der Waals surface area contributed by atoms with Crippen molar-refractivity contribution in [2.24, 2.45) is 0 Å². The lowest BCUT2D eigenvalue weighted by Crippen LogP contribution is -2.07. The number of aromatic nitrogens is 1. The predicted molar refractivity (Wildman–Crippen MR) is 72.9 cm³/mol. The van der Waals surface area contributed by atoms with Crippen LogP contribution in [-0.4, -0.2) is 17.9 Å². The number of methoxy groups -OCH3 is 1. The highest BCUT2D eigenvalue weighted by Crippen LogP contribution is 2.20. The van der Waals surface area contributed by atoms with Crippen LogP contribution in [0.25, 0.3) is 0 Å². The number of pyridine rings is 1. The molecule has 1 aromatic carbocycles. The topological polar surface area (TPSA) is 39.2 Å². The minimum Gasteiger partial charge on any atom is -0.481 e. The molecule has 0 aliphatic carbocycles. The van der Waals surface area contributed by atoms with Crippen molar-refractivity contribution >= 4 is 21.7 Å². The number of halogens is 2. The van der Waals surface area contributed by atoms with Gasteiger partial charge in [0.25, 0.3) is 0 Å². The largest absolute Gasteiger partial charge is 0.481 e. The quantitative estimate of drug-likeness (QED) is 0.809. The first-order chi connectivity index (χ1) is 9.11. The predicted octanol–water partition coefficient (Wildman–Crippen LogP) is 3.42. The lowest BCUT2D eigenvalue weighted by molar-refractivity contribution is 0.0989. The number of hydrogen-bond acceptors (Lipinski definition) is 3. The Bertz CT molecular complexity index is 599. The zero-order valence-corrected chi connectivity index (χ0v) is 11.8. The van der Waals surface area contributed by atoms with Gasteiger partial charge in [-0.05, 0) is 33.6 Å². The van der Waals surface area contributed by atoms with E-state index in [-0.39, 0.29) is 22.2 Å². The van der Waals surface area contributed by atoms with Gasteiger partial charge in [0.15, 0.2) is 5.78 Å². The summed E-state index contributed by atoms with van der Waals surface area (Å²) >= 11 is 3.06. The SMILES string of the molecule is COc1ccc(CC(=O)c2cccc(Br)c2F)cn1. The summed E-state index contributed by atoms with van der Waals surface area (Å²) in [7, 11) is 1.52. The summed E-state index contributed by atoms with van der Waals surface area (Å²) in [6, 6.07) is 8.06. The van der Waals surface area contributed by atoms with Crippen molar-refractivity contribution in [2.75, 3.05) is 7.11 Å². The first-order valence-electron chi connectivity index (χ1n) is 5.58. The van der Waals surface area contributed by atoms with Crippen LogP contribution in [0.2, 0.25) is 0 Å². The van der Waals surface area contributed by atoms with Crippen molar-refractivity contribution in [1.29, 1.82) is 0 Å². The Hall–Kier alpha value is -1.75. The van der Waals surface area contributed by atoms with Crippen molar-refractivity contribution in [3.63, 3.8) is 0 Å². The maximum Gasteiger partial charge on any atom is 0.212 e. The number of ether oxygens (including phenoxy) is 1. The second kappa shape index (κ2) is 5.93. The van der Waals surface area contributed by atoms with E-state index in [9.17, 15) is 9.18 Å². The maximum atomic E-state index is 13.8. The molecule has 0 unspecified atom stereocenters. The third-order valence-electron chi connectivity index (χ3n) is 2.62. The van der Waals surface area contributed by atoms with Crippen molar-refractivity contribution < 1.29 is 13.9 Å². The molecular formula is C14H11BrFNO2. The normalized spacial score (nSPS) is 10.3. The highest BCUT2D eigenvalue weighted by Gasteiger charge is 2.14. The molecule has 5 heteroatoms. The molecule has 98 valence electrons. The summed E-state index contributed by atoms with van der Waals surface area (Å²) in [5, 5.41) is 0. The standard InChI is InChI=1S/C14H11BrFNO2/c1-19-13-6-5-9(8-17-13)7-12(18)10-3-2-4-11(15)14(10)16/h2-6,8H,7H2,1H3. The molecule has 3 nitrogen and oxygen atoms in total. The van der Waals surface area contributed by atoms with Crippen LogP contribution in [-0.2, 0) is 6.42 Å². The van der Waals surface area contributed by atoms with Crippen molar-refractivity contribution in [3.8, 4) is 5.88 Å². The van der Waals surface area contributed by atoms with Gasteiger partial charge >= 0.3 is 0 Å². The van der Waals surface area contributed by atoms with Crippen molar-refractivity contribution in [3.05, 3.63) is 57.9 Å². The number of benzene rings is 1. The van der Waals surface area contributed by atoms with E-state index in [0.29, 0.717) is 11.4 Å². The van der Waals surface area contributed by atoms with Crippen LogP contribution in [0, 0.1) is 5.82 Å². The molecule has 19 heavy (non-hydrogen) atoms. The molecule has 0 radical (unpaired) electrons. The van der Waals surface area contributed by atoms with Crippen LogP contribution in [0.15, 0.2) is 41.0 Å². The van der Waals surface area contributed by atoms with Gasteiger partial charge in [0.2, 0.25) is 5.88 Å². The molecule has 0 fully saturated rings. The average molecular weight is 324 g/mol. The van der Waals surface area contributed by atoms with E-state index in [4.69, 9.17) is 4.74 Å². The van der Waals surface area contributed by atoms with E-state index < -0.39 is 5.82 Å². The van der Waals surface area contributed by atoms with E-state index in [1.165, 1.54) is 13.2 Å². The fourth-order valence-corrected chi connectivity index (χ4v) is 2.00. The number of Topliss-reactive ketones (excluding diaryl/α,β-unsaturated/α-hetero) is 1. The van der Waals surface area contributed by atoms with E-state index in [1.807, 2.05) is 0 Å². The molecule has 0 bridgehead atoms. The van der Waals surface area contributed by atoms with Crippen LogP contribution in [0.5, 0.6) is 5.88 Å². The molecule has 0 amide bonds. The van der Waals surface area contributed by atoms with Crippen LogP contribution >= 0.6 is 15.9 Å². The van der Waals surface area contributed by atoms with Gasteiger partial charge in [0, 0.05) is 18.7 Å². The summed E-state index contributed by atoms with van der Waals surface area (Å²) in [4.78, 5) is 16.0. The first-order valence-corrected chi connectivity index (χ1v) is 6.37. The van der Waals surface area contributed by atoms with Crippen molar-refractivity contribution in [2.45, 2.75) is 6.42 Å². The minimum absolute atomic E-state index is 0.0743. The minimum atomic E-state index is -0.533. The molecule has 1 heterocycles. The second-order valence-corrected chi connectivity index (χ2v) is 4.76. The smallest absolute Gasteiger partial charge is 0.212 e. The van der Waals surface area contributed by atoms with Crippen LogP contribution in [0.1, 0.15) is 15.9 Å². The lowest BCUT2D eigenvalue weighted by atomic mass is 10.0. The molecule has 2 aromatic rings. The van der Waals surface area contributed by atoms with E-state index in [2.05, 4.69) is 20.9 Å². The highest BCUT2D eigenvalue weighted by atomic mass is 79.9. The third kappa shape index (κ3) is 3.17. The monoisotopic (exact) mass is 323 g/mol. The molecule has 0 N–H and O–H groups in total. The number of ketones is 1. The Balaban J connectivity index is 2.18. The van der Waals surface area contributed by atoms with Crippen LogP contribution in [0.3, 0.4) is 0 Å². The van der Waals surface area contributed by atoms with Gasteiger partial charge in [-0.3, -0.25) is 4.79 Å². The molecule has 0 aliphatic heterocycles. The Morgan fingerprint density at radius 1 is 1.37 bits per heavy atom. The third-order valence-corrected chi connectivity index (χ3v) is 3.24. The summed E-state index contributed by atoms with van der Waals surface area (Å²) in [6.45, 7) is 0. The zero-order chi connectivity index (χ0) is 13.8. The van der Waals surface area contributed by atoms with E-state index in [0.717, 1.165) is 0 Å². The Morgan fingerprint density at radius 2 is 2.16 bits per heavy atom. The number of carbonyl (C=O) groups is 1. The van der Waals surface area contributed by atoms with E-state index >= 15 is 0 Å². The fourth-order valence-electron chi connectivity index (χ4n) is 1.64. The van der Waals surface area contributed by atoms with Gasteiger partial charge in [-0.2, -0.15) is 0 Å². The zero-order valence-electron chi connectivity index (χ0n) is 10.2. The molecule has 0 saturated carbocycles. The number of nitrogens with zero attached hydrogens (tertiary/aromatic N) is 1. The Kier molecular flexibility index (Phi) is 4.27. The summed E-state index contributed by atoms with van der Waals surface area (Å²) < 4.78 is 19.0. The van der Waals surface area contributed by atoms with Gasteiger partial charge < -0.3 is 4.74 Å². The number of rotatable bonds is 4. The summed E-state index contributed by atoms with van der Waals surface area (Å²) in [5.74, 6) is -0.343. The van der Waals surface area contributed by atoms with Crippen LogP contribution in [0.4, 0.5) is 4.39 Å². The summed E-state index contributed by atoms with van der Waals surface area (Å²) in [5.41, 5.74) is 0.787. The Labute approximate surface area is 118 Å². The molecule has 1 aromatic heterocycles. The lowest BCUT2D eigenvalue weighted by Gasteiger charge is -2.05. The van der Waals surface area contributed by atoms with Gasteiger partial charge in [-0.15, -0.1) is 0 Å². The van der Waals surface area contributed by atoms with Gasteiger partial charge in [0.05, 0.1) is 17.1 Å². The second-order valence-electron chi connectivity index (χ2n) is 3.91. The molecule has 2 rings (SSSR count). The molecule has 0 atom stereocenters. The van der Waals surface area contributed by atoms with E-state index in [1.54, 1.807) is 30.5 Å². The summed E-state index contributed by atoms with van der Waals surface area (Å²) in [6.07, 6.45) is 1.65. The number of hydrogen-bond donors (Lipinski definition) is 0. The van der Waals surface area contributed by atoms with Crippen LogP contribution < -0.4 is 4.74 Å². The first kappa shape index (κ1) is 13.7. The van der Waals surface area contributed by atoms with Crippen molar-refractivity contribution in [1.82, 2.24) is 4.98 Å². The van der Waals surface area contributed by atoms with Gasteiger partial charge in [-0.25, -0.2) is 9.37 Å². The average Bonchev–Trinajstić information content (AvgIpc) is 2.42. The molecule has 0 spiro atoms.